The minimum Gasteiger partial charge on any atom is -0.510 e. The first kappa shape index (κ1) is 24.2. The Bertz CT molecular complexity index is 1250. The van der Waals surface area contributed by atoms with Crippen LogP contribution in [0.1, 0.15) is 28.8 Å². The molecule has 0 bridgehead atoms. The summed E-state index contributed by atoms with van der Waals surface area (Å²) in [4.78, 5) is 56.7. The van der Waals surface area contributed by atoms with Crippen LogP contribution in [0.3, 0.4) is 0 Å². The third-order valence-corrected chi connectivity index (χ3v) is 7.18. The molecule has 3 aliphatic rings. The van der Waals surface area contributed by atoms with Gasteiger partial charge in [-0.25, -0.2) is 0 Å². The van der Waals surface area contributed by atoms with Gasteiger partial charge in [0.15, 0.2) is 11.4 Å². The van der Waals surface area contributed by atoms with E-state index >= 15 is 0 Å². The predicted octanol–water partition coefficient (Wildman–Crippen LogP) is -0.132. The van der Waals surface area contributed by atoms with E-state index in [9.17, 15) is 44.9 Å². The van der Waals surface area contributed by atoms with Crippen LogP contribution in [0, 0.1) is 22.0 Å². The fourth-order valence-electron chi connectivity index (χ4n) is 5.78. The van der Waals surface area contributed by atoms with Crippen LogP contribution < -0.4 is 5.73 Å². The number of fused-ring (bicyclic) bond motifs is 3. The molecule has 0 aromatic heterocycles. The van der Waals surface area contributed by atoms with E-state index in [2.05, 4.69) is 0 Å². The number of likely N-dealkylation sites (N-methyl/N-ethyl adjacent to an activating group) is 1. The Morgan fingerprint density at radius 2 is 1.86 bits per heavy atom. The Morgan fingerprint density at radius 3 is 2.40 bits per heavy atom. The lowest BCUT2D eigenvalue weighted by Gasteiger charge is -2.54. The molecule has 0 spiro atoms. The summed E-state index contributed by atoms with van der Waals surface area (Å²) in [6.45, 7) is 1.57. The molecule has 0 unspecified atom stereocenters. The van der Waals surface area contributed by atoms with Gasteiger partial charge in [-0.3, -0.25) is 19.3 Å². The smallest absolute Gasteiger partial charge is 0.294 e. The summed E-state index contributed by atoms with van der Waals surface area (Å²) in [5.41, 5.74) is 0.685. The molecule has 6 N–H and O–H groups in total. The zero-order valence-corrected chi connectivity index (χ0v) is 18.8. The van der Waals surface area contributed by atoms with Crippen molar-refractivity contribution in [1.82, 2.24) is 4.90 Å². The topological polar surface area (TPSA) is 214 Å². The first-order chi connectivity index (χ1) is 16.3. The number of primary amides is 1. The highest BCUT2D eigenvalue weighted by molar-refractivity contribution is 6.25. The summed E-state index contributed by atoms with van der Waals surface area (Å²) in [5.74, 6) is -10.2. The number of aromatic hydroxyl groups is 1. The third kappa shape index (κ3) is 3.04. The van der Waals surface area contributed by atoms with Gasteiger partial charge in [-0.05, 0) is 31.6 Å². The molecule has 0 saturated heterocycles. The van der Waals surface area contributed by atoms with Crippen molar-refractivity contribution in [3.8, 4) is 5.75 Å². The normalized spacial score (nSPS) is 32.2. The number of Topliss-reactive ketones (excluding diaryl/α,β-unsaturated/α-hetero) is 2. The van der Waals surface area contributed by atoms with Crippen molar-refractivity contribution in [2.24, 2.45) is 17.6 Å². The Labute approximate surface area is 197 Å². The summed E-state index contributed by atoms with van der Waals surface area (Å²) in [6.07, 6.45) is -1.75. The minimum atomic E-state index is -3.09. The molecule has 6 atom stereocenters. The summed E-state index contributed by atoms with van der Waals surface area (Å²) in [5, 5.41) is 54.5. The second kappa shape index (κ2) is 7.78. The summed E-state index contributed by atoms with van der Waals surface area (Å²) in [6, 6.07) is 2.76. The molecular weight excluding hydrogens is 466 g/mol. The SMILES string of the molecule is C[C@H]1c2cccc(O)c2C(=O)C2=C(O)[C@]3(O)C(=O)C(C(N)=O)=C(O)[C@@H](N(C)C)[C@@H]3[C@@H](O[N+](=O)[O-])[C@@H]21. The van der Waals surface area contributed by atoms with Gasteiger partial charge in [0.05, 0.1) is 17.5 Å². The molecule has 0 fully saturated rings. The van der Waals surface area contributed by atoms with Crippen LogP contribution in [0.15, 0.2) is 40.9 Å². The van der Waals surface area contributed by atoms with Crippen LogP contribution in [0.25, 0.3) is 0 Å². The molecule has 13 heteroatoms. The fraction of sp³-hybridized carbons (Fsp3) is 0.409. The molecule has 0 saturated carbocycles. The largest absolute Gasteiger partial charge is 0.510 e. The van der Waals surface area contributed by atoms with Gasteiger partial charge in [0, 0.05) is 11.5 Å². The standard InChI is InChI=1S/C22H23N3O10/c1-7-8-5-4-6-9(26)11(8)16(27)12-10(7)18(35-25(33)34)14-15(24(2)3)17(28)13(21(23)31)20(30)22(14,32)19(12)29/h4-7,10,14-15,18,26,28-29,32H,1-3H3,(H2,23,31)/t7-,10+,14+,15-,18-,22-/m0/s1. The van der Waals surface area contributed by atoms with E-state index in [0.29, 0.717) is 5.56 Å². The van der Waals surface area contributed by atoms with Crippen LogP contribution in [-0.2, 0) is 14.4 Å². The van der Waals surface area contributed by atoms with Gasteiger partial charge in [0.25, 0.3) is 11.0 Å². The number of rotatable bonds is 4. The molecule has 0 radical (unpaired) electrons. The van der Waals surface area contributed by atoms with Gasteiger partial charge in [0.2, 0.25) is 5.78 Å². The Morgan fingerprint density at radius 1 is 1.23 bits per heavy atom. The van der Waals surface area contributed by atoms with Crippen LogP contribution in [-0.4, -0.2) is 79.7 Å². The summed E-state index contributed by atoms with van der Waals surface area (Å²) >= 11 is 0. The van der Waals surface area contributed by atoms with Crippen molar-refractivity contribution in [2.75, 3.05) is 14.1 Å². The number of benzene rings is 1. The number of amides is 1. The third-order valence-electron chi connectivity index (χ3n) is 7.18. The molecule has 1 amide bonds. The predicted molar refractivity (Wildman–Crippen MR) is 116 cm³/mol. The van der Waals surface area contributed by atoms with E-state index in [4.69, 9.17) is 10.6 Å². The molecule has 0 heterocycles. The van der Waals surface area contributed by atoms with Gasteiger partial charge in [-0.2, -0.15) is 0 Å². The van der Waals surface area contributed by atoms with Crippen molar-refractivity contribution in [1.29, 1.82) is 0 Å². The number of hydrogen-bond acceptors (Lipinski definition) is 11. The average molecular weight is 489 g/mol. The van der Waals surface area contributed by atoms with Crippen molar-refractivity contribution in [2.45, 2.75) is 30.6 Å². The van der Waals surface area contributed by atoms with Gasteiger partial charge >= 0.3 is 0 Å². The monoisotopic (exact) mass is 489 g/mol. The zero-order chi connectivity index (χ0) is 26.1. The molecule has 1 aromatic rings. The number of nitrogens with two attached hydrogens (primary N) is 1. The highest BCUT2D eigenvalue weighted by atomic mass is 17.0. The van der Waals surface area contributed by atoms with Gasteiger partial charge in [-0.1, -0.05) is 19.1 Å². The Kier molecular flexibility index (Phi) is 5.37. The summed E-state index contributed by atoms with van der Waals surface area (Å²) in [7, 11) is 2.80. The molecule has 4 rings (SSSR count). The lowest BCUT2D eigenvalue weighted by molar-refractivity contribution is -0.773. The number of ketones is 2. The van der Waals surface area contributed by atoms with E-state index in [-0.39, 0.29) is 5.56 Å². The highest BCUT2D eigenvalue weighted by Gasteiger charge is 2.68. The maximum Gasteiger partial charge on any atom is 0.294 e. The zero-order valence-electron chi connectivity index (χ0n) is 18.8. The van der Waals surface area contributed by atoms with E-state index in [1.807, 2.05) is 0 Å². The number of carbonyl (C=O) groups excluding carboxylic acids is 3. The lowest BCUT2D eigenvalue weighted by Crippen LogP contribution is -2.69. The Hall–Kier alpha value is -3.97. The number of aliphatic hydroxyl groups excluding tert-OH is 2. The highest BCUT2D eigenvalue weighted by Crippen LogP contribution is 2.56. The first-order valence-corrected chi connectivity index (χ1v) is 10.5. The molecular formula is C22H23N3O10. The molecule has 186 valence electrons. The van der Waals surface area contributed by atoms with Crippen molar-refractivity contribution < 1.29 is 44.7 Å². The van der Waals surface area contributed by atoms with Crippen LogP contribution in [0.2, 0.25) is 0 Å². The maximum atomic E-state index is 13.5. The van der Waals surface area contributed by atoms with E-state index < -0.39 is 86.5 Å². The molecule has 35 heavy (non-hydrogen) atoms. The molecule has 0 aliphatic heterocycles. The number of phenols is 1. The van der Waals surface area contributed by atoms with Crippen LogP contribution in [0.5, 0.6) is 5.75 Å². The molecule has 13 nitrogen and oxygen atoms in total. The van der Waals surface area contributed by atoms with Crippen molar-refractivity contribution in [3.05, 3.63) is 62.1 Å². The second-order valence-electron chi connectivity index (χ2n) is 9.10. The quantitative estimate of drug-likeness (QED) is 0.213. The van der Waals surface area contributed by atoms with E-state index in [1.54, 1.807) is 6.92 Å². The number of aliphatic hydroxyl groups is 3. The van der Waals surface area contributed by atoms with Crippen molar-refractivity contribution >= 4 is 17.5 Å². The number of carbonyl (C=O) groups is 3. The van der Waals surface area contributed by atoms with Crippen LogP contribution in [0.4, 0.5) is 0 Å². The molecule has 1 aromatic carbocycles. The Balaban J connectivity index is 2.11. The number of phenolic OH excluding ortho intramolecular Hbond substituents is 1. The fourth-order valence-corrected chi connectivity index (χ4v) is 5.78. The minimum absolute atomic E-state index is 0.208. The maximum absolute atomic E-state index is 13.5. The summed E-state index contributed by atoms with van der Waals surface area (Å²) < 4.78 is 0. The lowest BCUT2D eigenvalue weighted by atomic mass is 9.55. The number of hydrogen-bond donors (Lipinski definition) is 5. The van der Waals surface area contributed by atoms with Crippen molar-refractivity contribution in [3.63, 3.8) is 0 Å². The van der Waals surface area contributed by atoms with Gasteiger partial charge < -0.3 is 31.0 Å². The first-order valence-electron chi connectivity index (χ1n) is 10.5. The van der Waals surface area contributed by atoms with E-state index in [0.717, 1.165) is 0 Å². The second-order valence-corrected chi connectivity index (χ2v) is 9.10. The molecule has 3 aliphatic carbocycles. The van der Waals surface area contributed by atoms with E-state index in [1.165, 1.54) is 37.2 Å². The van der Waals surface area contributed by atoms with Crippen LogP contribution >= 0.6 is 0 Å². The van der Waals surface area contributed by atoms with Gasteiger partial charge in [-0.15, -0.1) is 10.1 Å². The number of nitrogens with zero attached hydrogens (tertiary/aromatic N) is 2. The van der Waals surface area contributed by atoms with Gasteiger partial charge in [0.1, 0.15) is 28.9 Å². The average Bonchev–Trinajstić information content (AvgIpc) is 2.75.